The van der Waals surface area contributed by atoms with Crippen molar-refractivity contribution in [2.45, 2.75) is 19.0 Å². The highest BCUT2D eigenvalue weighted by atomic mass is 16.3. The molecule has 5 rings (SSSR count). The Kier molecular flexibility index (Phi) is 4.43. The molecule has 1 N–H and O–H groups in total. The molecule has 1 fully saturated rings. The Bertz CT molecular complexity index is 1230. The lowest BCUT2D eigenvalue weighted by atomic mass is 9.99. The Morgan fingerprint density at radius 3 is 2.35 bits per heavy atom. The highest BCUT2D eigenvalue weighted by Crippen LogP contribution is 2.32. The van der Waals surface area contributed by atoms with Gasteiger partial charge in [-0.05, 0) is 31.2 Å². The van der Waals surface area contributed by atoms with Crippen molar-refractivity contribution in [2.75, 3.05) is 0 Å². The van der Waals surface area contributed by atoms with Crippen LogP contribution in [0.2, 0.25) is 0 Å². The van der Waals surface area contributed by atoms with Crippen molar-refractivity contribution in [1.29, 1.82) is 0 Å². The van der Waals surface area contributed by atoms with E-state index in [9.17, 15) is 9.59 Å². The summed E-state index contributed by atoms with van der Waals surface area (Å²) in [5.41, 5.74) is 2.05. The van der Waals surface area contributed by atoms with Crippen LogP contribution in [0.4, 0.5) is 4.79 Å². The van der Waals surface area contributed by atoms with Gasteiger partial charge >= 0.3 is 6.03 Å². The van der Waals surface area contributed by atoms with Crippen LogP contribution in [-0.2, 0) is 16.9 Å². The molecular weight excluding hydrogens is 392 g/mol. The summed E-state index contributed by atoms with van der Waals surface area (Å²) in [5, 5.41) is 7.52. The molecular formula is C24H20N4O3. The SMILES string of the molecule is CC1(c2ccco2)NC(=O)N(Cc2cn(-c3ccccc3)nc2-c2ccccc2)C1=O. The third-order valence-electron chi connectivity index (χ3n) is 5.48. The first kappa shape index (κ1) is 18.9. The molecule has 2 aromatic heterocycles. The fraction of sp³-hybridized carbons (Fsp3) is 0.125. The first-order valence-electron chi connectivity index (χ1n) is 9.94. The number of nitrogens with one attached hydrogen (secondary N) is 1. The van der Waals surface area contributed by atoms with Crippen LogP contribution in [0.5, 0.6) is 0 Å². The highest BCUT2D eigenvalue weighted by molar-refractivity contribution is 6.06. The van der Waals surface area contributed by atoms with E-state index in [0.29, 0.717) is 5.76 Å². The summed E-state index contributed by atoms with van der Waals surface area (Å²) in [6.07, 6.45) is 3.35. The van der Waals surface area contributed by atoms with Crippen molar-refractivity contribution in [2.24, 2.45) is 0 Å². The Morgan fingerprint density at radius 2 is 1.68 bits per heavy atom. The number of carbonyl (C=O) groups excluding carboxylic acids is 2. The standard InChI is InChI=1S/C24H20N4O3/c1-24(20-13-8-14-31-20)22(29)27(23(30)25-24)15-18-16-28(19-11-6-3-7-12-19)26-21(18)17-9-4-2-5-10-17/h2-14,16H,15H2,1H3,(H,25,30). The fourth-order valence-corrected chi connectivity index (χ4v) is 3.82. The number of imide groups is 1. The zero-order chi connectivity index (χ0) is 21.4. The molecule has 7 nitrogen and oxygen atoms in total. The maximum absolute atomic E-state index is 13.2. The van der Waals surface area contributed by atoms with Crippen LogP contribution in [0, 0.1) is 0 Å². The average Bonchev–Trinajstić information content (AvgIpc) is 3.52. The quantitative estimate of drug-likeness (QED) is 0.501. The topological polar surface area (TPSA) is 80.4 Å². The molecule has 1 atom stereocenters. The molecule has 1 unspecified atom stereocenters. The van der Waals surface area contributed by atoms with Gasteiger partial charge in [-0.15, -0.1) is 0 Å². The van der Waals surface area contributed by atoms with E-state index in [2.05, 4.69) is 5.32 Å². The van der Waals surface area contributed by atoms with Gasteiger partial charge in [-0.25, -0.2) is 9.48 Å². The van der Waals surface area contributed by atoms with Gasteiger partial charge in [-0.3, -0.25) is 9.69 Å². The van der Waals surface area contributed by atoms with E-state index in [0.717, 1.165) is 22.5 Å². The minimum Gasteiger partial charge on any atom is -0.466 e. The fourth-order valence-electron chi connectivity index (χ4n) is 3.82. The van der Waals surface area contributed by atoms with Gasteiger partial charge in [0.05, 0.1) is 24.2 Å². The first-order chi connectivity index (χ1) is 15.1. The maximum Gasteiger partial charge on any atom is 0.325 e. The lowest BCUT2D eigenvalue weighted by molar-refractivity contribution is -0.132. The number of hydrogen-bond donors (Lipinski definition) is 1. The molecule has 2 aromatic carbocycles. The summed E-state index contributed by atoms with van der Waals surface area (Å²) in [4.78, 5) is 27.2. The van der Waals surface area contributed by atoms with Gasteiger partial charge in [0.2, 0.25) is 0 Å². The third-order valence-corrected chi connectivity index (χ3v) is 5.48. The molecule has 31 heavy (non-hydrogen) atoms. The van der Waals surface area contributed by atoms with E-state index >= 15 is 0 Å². The number of carbonyl (C=O) groups is 2. The van der Waals surface area contributed by atoms with Crippen molar-refractivity contribution in [1.82, 2.24) is 20.0 Å². The zero-order valence-electron chi connectivity index (χ0n) is 16.9. The van der Waals surface area contributed by atoms with Gasteiger partial charge < -0.3 is 9.73 Å². The Labute approximate surface area is 178 Å². The van der Waals surface area contributed by atoms with E-state index in [1.807, 2.05) is 66.9 Å². The predicted molar refractivity (Wildman–Crippen MR) is 114 cm³/mol. The Balaban J connectivity index is 1.53. The maximum atomic E-state index is 13.2. The van der Waals surface area contributed by atoms with Gasteiger partial charge in [0.1, 0.15) is 5.76 Å². The first-order valence-corrected chi connectivity index (χ1v) is 9.94. The number of furan rings is 1. The lowest BCUT2D eigenvalue weighted by Crippen LogP contribution is -2.40. The van der Waals surface area contributed by atoms with Crippen LogP contribution in [-0.4, -0.2) is 26.6 Å². The molecule has 0 bridgehead atoms. The average molecular weight is 412 g/mol. The van der Waals surface area contributed by atoms with E-state index in [-0.39, 0.29) is 12.5 Å². The molecule has 0 aliphatic carbocycles. The van der Waals surface area contributed by atoms with Gasteiger partial charge in [0, 0.05) is 17.3 Å². The molecule has 7 heteroatoms. The molecule has 1 aliphatic heterocycles. The van der Waals surface area contributed by atoms with E-state index in [1.54, 1.807) is 23.7 Å². The second-order valence-corrected chi connectivity index (χ2v) is 7.57. The summed E-state index contributed by atoms with van der Waals surface area (Å²) in [6.45, 7) is 1.75. The van der Waals surface area contributed by atoms with Crippen molar-refractivity contribution in [3.8, 4) is 16.9 Å². The third kappa shape index (κ3) is 3.20. The molecule has 0 saturated carbocycles. The smallest absolute Gasteiger partial charge is 0.325 e. The molecule has 3 heterocycles. The molecule has 1 saturated heterocycles. The molecule has 0 spiro atoms. The number of aromatic nitrogens is 2. The summed E-state index contributed by atoms with van der Waals surface area (Å²) in [7, 11) is 0. The number of rotatable bonds is 5. The van der Waals surface area contributed by atoms with Crippen LogP contribution in [0.15, 0.2) is 89.7 Å². The van der Waals surface area contributed by atoms with Gasteiger partial charge in [-0.1, -0.05) is 48.5 Å². The number of para-hydroxylation sites is 1. The second kappa shape index (κ2) is 7.28. The molecule has 0 radical (unpaired) electrons. The Morgan fingerprint density at radius 1 is 0.968 bits per heavy atom. The molecule has 154 valence electrons. The minimum absolute atomic E-state index is 0.0953. The van der Waals surface area contributed by atoms with E-state index in [4.69, 9.17) is 9.52 Å². The summed E-state index contributed by atoms with van der Waals surface area (Å²) in [5.74, 6) is 0.0375. The lowest BCUT2D eigenvalue weighted by Gasteiger charge is -2.19. The summed E-state index contributed by atoms with van der Waals surface area (Å²) >= 11 is 0. The number of amides is 3. The molecule has 4 aromatic rings. The Hall–Kier alpha value is -4.13. The summed E-state index contributed by atoms with van der Waals surface area (Å²) < 4.78 is 7.18. The number of hydrogen-bond acceptors (Lipinski definition) is 4. The number of nitrogens with zero attached hydrogens (tertiary/aromatic N) is 3. The second-order valence-electron chi connectivity index (χ2n) is 7.57. The minimum atomic E-state index is -1.23. The van der Waals surface area contributed by atoms with Crippen molar-refractivity contribution in [3.05, 3.63) is 96.6 Å². The van der Waals surface area contributed by atoms with E-state index in [1.165, 1.54) is 11.2 Å². The molecule has 3 amide bonds. The van der Waals surface area contributed by atoms with Crippen molar-refractivity contribution >= 4 is 11.9 Å². The predicted octanol–water partition coefficient (Wildman–Crippen LogP) is 4.10. The van der Waals surface area contributed by atoms with Crippen molar-refractivity contribution in [3.63, 3.8) is 0 Å². The van der Waals surface area contributed by atoms with Gasteiger partial charge in [0.25, 0.3) is 5.91 Å². The van der Waals surface area contributed by atoms with Crippen LogP contribution in [0.3, 0.4) is 0 Å². The highest BCUT2D eigenvalue weighted by Gasteiger charge is 2.51. The van der Waals surface area contributed by atoms with E-state index < -0.39 is 11.6 Å². The van der Waals surface area contributed by atoms with Gasteiger partial charge in [-0.2, -0.15) is 5.10 Å². The monoisotopic (exact) mass is 412 g/mol. The number of benzene rings is 2. The van der Waals surface area contributed by atoms with Crippen LogP contribution >= 0.6 is 0 Å². The molecule has 1 aliphatic rings. The van der Waals surface area contributed by atoms with Gasteiger partial charge in [0.15, 0.2) is 5.54 Å². The van der Waals surface area contributed by atoms with Crippen LogP contribution in [0.25, 0.3) is 16.9 Å². The zero-order valence-corrected chi connectivity index (χ0v) is 16.9. The summed E-state index contributed by atoms with van der Waals surface area (Å²) in [6, 6.07) is 22.3. The number of urea groups is 1. The normalized spacial score (nSPS) is 18.4. The van der Waals surface area contributed by atoms with Crippen LogP contribution < -0.4 is 5.32 Å². The van der Waals surface area contributed by atoms with Crippen LogP contribution in [0.1, 0.15) is 18.2 Å². The van der Waals surface area contributed by atoms with Crippen molar-refractivity contribution < 1.29 is 14.0 Å². The largest absolute Gasteiger partial charge is 0.466 e.